The van der Waals surface area contributed by atoms with Crippen molar-refractivity contribution in [2.24, 2.45) is 4.99 Å². The summed E-state index contributed by atoms with van der Waals surface area (Å²) < 4.78 is 0. The molecule has 1 unspecified atom stereocenters. The van der Waals surface area contributed by atoms with Gasteiger partial charge in [0, 0.05) is 32.7 Å². The molecule has 0 radical (unpaired) electrons. The second-order valence-corrected chi connectivity index (χ2v) is 5.89. The summed E-state index contributed by atoms with van der Waals surface area (Å²) in [4.78, 5) is 23.1. The van der Waals surface area contributed by atoms with Gasteiger partial charge in [-0.25, -0.2) is 0 Å². The van der Waals surface area contributed by atoms with Gasteiger partial charge in [0.1, 0.15) is 0 Å². The number of carbonyl (C=O) groups excluding carboxylic acids is 1. The van der Waals surface area contributed by atoms with Gasteiger partial charge in [-0.15, -0.1) is 0 Å². The highest BCUT2D eigenvalue weighted by Crippen LogP contribution is 2.14. The van der Waals surface area contributed by atoms with Gasteiger partial charge in [-0.2, -0.15) is 0 Å². The fraction of sp³-hybridized carbons (Fsp3) is 0.875. The molecule has 0 bridgehead atoms. The van der Waals surface area contributed by atoms with E-state index in [4.69, 9.17) is 4.99 Å². The van der Waals surface area contributed by atoms with E-state index in [-0.39, 0.29) is 5.91 Å². The number of nitrogens with one attached hydrogen (secondary N) is 1. The van der Waals surface area contributed by atoms with Crippen LogP contribution in [-0.2, 0) is 4.79 Å². The SMILES string of the molecule is CCNC(=NCC1CCCN1C)N(C)CC(=O)N(CC)CC. The van der Waals surface area contributed by atoms with Crippen LogP contribution >= 0.6 is 0 Å². The maximum Gasteiger partial charge on any atom is 0.242 e. The maximum absolute atomic E-state index is 12.2. The topological polar surface area (TPSA) is 51.2 Å². The van der Waals surface area contributed by atoms with Crippen LogP contribution in [0.1, 0.15) is 33.6 Å². The van der Waals surface area contributed by atoms with Crippen LogP contribution in [-0.4, -0.2) is 86.0 Å². The fourth-order valence-electron chi connectivity index (χ4n) is 2.83. The van der Waals surface area contributed by atoms with Crippen LogP contribution in [0.5, 0.6) is 0 Å². The lowest BCUT2D eigenvalue weighted by molar-refractivity contribution is -0.131. The van der Waals surface area contributed by atoms with Gasteiger partial charge < -0.3 is 20.0 Å². The third kappa shape index (κ3) is 5.48. The third-order valence-electron chi connectivity index (χ3n) is 4.31. The molecule has 0 aromatic heterocycles. The molecule has 128 valence electrons. The number of carbonyl (C=O) groups is 1. The molecule has 22 heavy (non-hydrogen) atoms. The molecule has 0 saturated carbocycles. The van der Waals surface area contributed by atoms with Crippen LogP contribution < -0.4 is 5.32 Å². The number of guanidine groups is 1. The van der Waals surface area contributed by atoms with Crippen LogP contribution in [0.3, 0.4) is 0 Å². The van der Waals surface area contributed by atoms with Crippen molar-refractivity contribution in [1.29, 1.82) is 0 Å². The lowest BCUT2D eigenvalue weighted by Crippen LogP contribution is -2.46. The Hall–Kier alpha value is -1.30. The average Bonchev–Trinajstić information content (AvgIpc) is 2.90. The van der Waals surface area contributed by atoms with Gasteiger partial charge >= 0.3 is 0 Å². The monoisotopic (exact) mass is 311 g/mol. The second-order valence-electron chi connectivity index (χ2n) is 5.89. The first kappa shape index (κ1) is 18.7. The zero-order valence-corrected chi connectivity index (χ0v) is 14.9. The van der Waals surface area contributed by atoms with E-state index >= 15 is 0 Å². The number of likely N-dealkylation sites (N-methyl/N-ethyl adjacent to an activating group) is 3. The Balaban J connectivity index is 2.62. The molecule has 0 spiro atoms. The smallest absolute Gasteiger partial charge is 0.242 e. The predicted octanol–water partition coefficient (Wildman–Crippen LogP) is 0.846. The fourth-order valence-corrected chi connectivity index (χ4v) is 2.83. The van der Waals surface area contributed by atoms with Crippen LogP contribution in [0.2, 0.25) is 0 Å². The first-order valence-corrected chi connectivity index (χ1v) is 8.50. The van der Waals surface area contributed by atoms with E-state index in [1.54, 1.807) is 0 Å². The van der Waals surface area contributed by atoms with Gasteiger partial charge in [0.15, 0.2) is 5.96 Å². The maximum atomic E-state index is 12.2. The van der Waals surface area contributed by atoms with E-state index in [1.165, 1.54) is 12.8 Å². The number of aliphatic imine (C=N–C) groups is 1. The van der Waals surface area contributed by atoms with Gasteiger partial charge in [-0.05, 0) is 47.2 Å². The number of rotatable bonds is 7. The molecule has 1 fully saturated rings. The van der Waals surface area contributed by atoms with E-state index in [0.717, 1.165) is 38.7 Å². The molecule has 6 nitrogen and oxygen atoms in total. The number of amides is 1. The van der Waals surface area contributed by atoms with Crippen molar-refractivity contribution in [2.75, 3.05) is 53.4 Å². The number of likely N-dealkylation sites (tertiary alicyclic amines) is 1. The summed E-state index contributed by atoms with van der Waals surface area (Å²) >= 11 is 0. The summed E-state index contributed by atoms with van der Waals surface area (Å²) in [6.45, 7) is 10.7. The van der Waals surface area contributed by atoms with Crippen molar-refractivity contribution < 1.29 is 4.79 Å². The summed E-state index contributed by atoms with van der Waals surface area (Å²) in [6, 6.07) is 0.528. The van der Waals surface area contributed by atoms with Gasteiger partial charge in [-0.1, -0.05) is 0 Å². The van der Waals surface area contributed by atoms with Crippen molar-refractivity contribution in [3.05, 3.63) is 0 Å². The largest absolute Gasteiger partial charge is 0.357 e. The molecule has 1 heterocycles. The van der Waals surface area contributed by atoms with Crippen molar-refractivity contribution in [2.45, 2.75) is 39.7 Å². The van der Waals surface area contributed by atoms with Gasteiger partial charge in [-0.3, -0.25) is 9.79 Å². The highest BCUT2D eigenvalue weighted by Gasteiger charge is 2.21. The van der Waals surface area contributed by atoms with Crippen molar-refractivity contribution in [1.82, 2.24) is 20.0 Å². The first-order chi connectivity index (χ1) is 10.5. The number of nitrogens with zero attached hydrogens (tertiary/aromatic N) is 4. The van der Waals surface area contributed by atoms with Crippen LogP contribution in [0.25, 0.3) is 0 Å². The Labute approximate surface area is 135 Å². The molecule has 1 aliphatic heterocycles. The zero-order chi connectivity index (χ0) is 16.5. The first-order valence-electron chi connectivity index (χ1n) is 8.50. The van der Waals surface area contributed by atoms with Crippen LogP contribution in [0.4, 0.5) is 0 Å². The highest BCUT2D eigenvalue weighted by atomic mass is 16.2. The Morgan fingerprint density at radius 2 is 2.00 bits per heavy atom. The summed E-state index contributed by atoms with van der Waals surface area (Å²) in [5, 5.41) is 3.29. The summed E-state index contributed by atoms with van der Waals surface area (Å²) in [5.74, 6) is 0.972. The Bertz CT molecular complexity index is 368. The van der Waals surface area contributed by atoms with Crippen molar-refractivity contribution in [3.63, 3.8) is 0 Å². The molecule has 0 aromatic rings. The number of hydrogen-bond acceptors (Lipinski definition) is 3. The molecule has 1 N–H and O–H groups in total. The summed E-state index contributed by atoms with van der Waals surface area (Å²) in [6.07, 6.45) is 2.46. The lowest BCUT2D eigenvalue weighted by atomic mass is 10.2. The van der Waals surface area contributed by atoms with E-state index in [1.807, 2.05) is 30.7 Å². The standard InChI is InChI=1S/C16H33N5O/c1-6-17-16(18-12-14-10-9-11-19(14)4)20(5)13-15(22)21(7-2)8-3/h14H,6-13H2,1-5H3,(H,17,18). The minimum atomic E-state index is 0.149. The van der Waals surface area contributed by atoms with Gasteiger partial charge in [0.25, 0.3) is 0 Å². The minimum absolute atomic E-state index is 0.149. The van der Waals surface area contributed by atoms with Gasteiger partial charge in [0.2, 0.25) is 5.91 Å². The highest BCUT2D eigenvalue weighted by molar-refractivity contribution is 5.86. The second kappa shape index (κ2) is 9.66. The van der Waals surface area contributed by atoms with Crippen molar-refractivity contribution in [3.8, 4) is 0 Å². The van der Waals surface area contributed by atoms with E-state index in [2.05, 4.69) is 24.2 Å². The molecule has 1 atom stereocenters. The van der Waals surface area contributed by atoms with Crippen molar-refractivity contribution >= 4 is 11.9 Å². The molecular formula is C16H33N5O. The molecular weight excluding hydrogens is 278 g/mol. The third-order valence-corrected chi connectivity index (χ3v) is 4.31. The van der Waals surface area contributed by atoms with Crippen LogP contribution in [0.15, 0.2) is 4.99 Å². The predicted molar refractivity (Wildman–Crippen MR) is 92.2 cm³/mol. The Morgan fingerprint density at radius 3 is 2.50 bits per heavy atom. The Kier molecular flexibility index (Phi) is 8.24. The minimum Gasteiger partial charge on any atom is -0.357 e. The summed E-state index contributed by atoms with van der Waals surface area (Å²) in [7, 11) is 4.09. The zero-order valence-electron chi connectivity index (χ0n) is 14.9. The molecule has 1 rings (SSSR count). The molecule has 0 aromatic carbocycles. The van der Waals surface area contributed by atoms with Gasteiger partial charge in [0.05, 0.1) is 13.1 Å². The molecule has 1 saturated heterocycles. The van der Waals surface area contributed by atoms with E-state index in [9.17, 15) is 4.79 Å². The molecule has 6 heteroatoms. The lowest BCUT2D eigenvalue weighted by Gasteiger charge is -2.26. The quantitative estimate of drug-likeness (QED) is 0.559. The molecule has 1 amide bonds. The Morgan fingerprint density at radius 1 is 1.32 bits per heavy atom. The van der Waals surface area contributed by atoms with Crippen LogP contribution in [0, 0.1) is 0 Å². The summed E-state index contributed by atoms with van der Waals surface area (Å²) in [5.41, 5.74) is 0. The molecule has 0 aliphatic carbocycles. The van der Waals surface area contributed by atoms with E-state index < -0.39 is 0 Å². The average molecular weight is 311 g/mol. The van der Waals surface area contributed by atoms with E-state index in [0.29, 0.717) is 12.6 Å². The molecule has 1 aliphatic rings. The normalized spacial score (nSPS) is 19.3. The number of hydrogen-bond donors (Lipinski definition) is 1.